The second-order valence-corrected chi connectivity index (χ2v) is 17.2. The number of likely N-dealkylation sites (tertiary alicyclic amines) is 1. The zero-order chi connectivity index (χ0) is 38.4. The molecule has 14 heteroatoms. The summed E-state index contributed by atoms with van der Waals surface area (Å²) in [6.07, 6.45) is 11.5. The van der Waals surface area contributed by atoms with E-state index in [9.17, 15) is 0 Å². The number of likely N-dealkylation sites (N-methyl/N-ethyl adjacent to an activating group) is 3. The van der Waals surface area contributed by atoms with Crippen LogP contribution in [0.3, 0.4) is 0 Å². The molecule has 0 aliphatic carbocycles. The summed E-state index contributed by atoms with van der Waals surface area (Å²) in [5.74, 6) is 0. The molecule has 4 rings (SSSR count). The molecule has 0 aromatic carbocycles. The summed E-state index contributed by atoms with van der Waals surface area (Å²) < 4.78 is 24.1. The Bertz CT molecular complexity index is 1080. The molecule has 4 heterocycles. The number of pyridine rings is 2. The molecule has 362 valence electrons. The average molecular weight is 1300 g/mol. The third-order valence-electron chi connectivity index (χ3n) is 9.01. The molecule has 2 aromatic rings. The van der Waals surface area contributed by atoms with E-state index in [1.54, 1.807) is 14.2 Å². The number of methoxy groups -OCH3 is 3. The van der Waals surface area contributed by atoms with Gasteiger partial charge in [0.05, 0.1) is 102 Å². The molecule has 2 aliphatic rings. The summed E-state index contributed by atoms with van der Waals surface area (Å²) in [4.78, 5) is 0. The Balaban J connectivity index is -0.0000000617. The first-order valence-corrected chi connectivity index (χ1v) is 18.5. The number of hydrogen-bond acceptors (Lipinski definition) is 4. The maximum atomic E-state index is 5.47. The van der Waals surface area contributed by atoms with E-state index < -0.39 is 0 Å². The standard InChI is InChI=1S/C10H26N2O.C8H19N2O.C8H18NO.2C7H10N.5CH4.4HI/c1-11(2,3)8-10(13-7)9-12(4,5)6;1-10(7-8-11-2)5-3-9-4-6-10;1-9(2)6-4-8(10-3)5-7-9;1-7-3-5-8(2)6-4-7;1-7-4-3-5-8(2)6-7;;;;;;;;;/h10H,8-9H2,1-7H3;9H,3-8H2,1-2H3;8H,4-7H2,1-3H3;2*3-6H,1-2H3;5*1H4;4*1H/q+2;4*+1;;;;;;;;;/p-4. The highest BCUT2D eigenvalue weighted by atomic mass is 127. The van der Waals surface area contributed by atoms with E-state index in [2.05, 4.69) is 107 Å². The second-order valence-electron chi connectivity index (χ2n) is 17.2. The van der Waals surface area contributed by atoms with Crippen LogP contribution in [0.15, 0.2) is 49.1 Å². The Morgan fingerprint density at radius 3 is 1.42 bits per heavy atom. The minimum Gasteiger partial charge on any atom is -1.00 e. The molecule has 59 heavy (non-hydrogen) atoms. The zero-order valence-corrected chi connectivity index (χ0v) is 45.8. The van der Waals surface area contributed by atoms with Crippen molar-refractivity contribution in [3.63, 3.8) is 0 Å². The van der Waals surface area contributed by atoms with E-state index in [1.165, 1.54) is 59.1 Å². The first-order valence-electron chi connectivity index (χ1n) is 18.5. The van der Waals surface area contributed by atoms with Crippen molar-refractivity contribution in [2.45, 2.75) is 76.0 Å². The van der Waals surface area contributed by atoms with Crippen molar-refractivity contribution in [3.8, 4) is 0 Å². The topological polar surface area (TPSA) is 47.5 Å². The van der Waals surface area contributed by atoms with Crippen LogP contribution in [-0.2, 0) is 28.3 Å². The quantitative estimate of drug-likeness (QED) is 0.155. The van der Waals surface area contributed by atoms with Gasteiger partial charge >= 0.3 is 0 Å². The van der Waals surface area contributed by atoms with E-state index in [-0.39, 0.29) is 133 Å². The number of halogens is 4. The molecule has 0 spiro atoms. The molecule has 0 unspecified atom stereocenters. The minimum absolute atomic E-state index is 0. The van der Waals surface area contributed by atoms with E-state index in [0.717, 1.165) is 48.3 Å². The van der Waals surface area contributed by atoms with Crippen molar-refractivity contribution in [1.29, 1.82) is 0 Å². The fourth-order valence-corrected chi connectivity index (χ4v) is 5.69. The average Bonchev–Trinajstić information content (AvgIpc) is 3.01. The maximum absolute atomic E-state index is 5.47. The van der Waals surface area contributed by atoms with E-state index >= 15 is 0 Å². The van der Waals surface area contributed by atoms with Gasteiger partial charge in [-0.1, -0.05) is 37.1 Å². The molecule has 2 fully saturated rings. The Morgan fingerprint density at radius 1 is 0.678 bits per heavy atom. The van der Waals surface area contributed by atoms with Crippen LogP contribution in [0.25, 0.3) is 0 Å². The van der Waals surface area contributed by atoms with Gasteiger partial charge < -0.3 is 133 Å². The number of nitrogens with zero attached hydrogens (tertiary/aromatic N) is 6. The van der Waals surface area contributed by atoms with Gasteiger partial charge in [0.25, 0.3) is 0 Å². The third-order valence-corrected chi connectivity index (χ3v) is 9.01. The Morgan fingerprint density at radius 2 is 1.12 bits per heavy atom. The summed E-state index contributed by atoms with van der Waals surface area (Å²) in [5.41, 5.74) is 2.61. The van der Waals surface area contributed by atoms with E-state index in [4.69, 9.17) is 14.2 Å². The van der Waals surface area contributed by atoms with Crippen molar-refractivity contribution in [2.24, 2.45) is 14.1 Å². The first-order chi connectivity index (χ1) is 23.1. The van der Waals surface area contributed by atoms with Gasteiger partial charge in [0.2, 0.25) is 0 Å². The van der Waals surface area contributed by atoms with Crippen molar-refractivity contribution < 1.29 is 137 Å². The van der Waals surface area contributed by atoms with Crippen molar-refractivity contribution >= 4 is 0 Å². The predicted octanol–water partition coefficient (Wildman–Crippen LogP) is -6.20. The molecule has 2 aromatic heterocycles. The number of piperazine rings is 1. The maximum Gasteiger partial charge on any atom is 0.171 e. The van der Waals surface area contributed by atoms with Gasteiger partial charge in [0.15, 0.2) is 30.9 Å². The summed E-state index contributed by atoms with van der Waals surface area (Å²) in [6, 6.07) is 8.29. The minimum atomic E-state index is 0. The SMILES string of the molecule is C.C.C.C.C.COC(C[N+](C)(C)C)C[N+](C)(C)C.COC1CC[N+](C)(C)CC1.COCC[N+]1(C)CCNCC1.Cc1cc[n+](C)cc1.Cc1ccc[n+](C)c1.[I-].[I-].[I-].[I-]. The number of nitrogens with one attached hydrogen (secondary N) is 1. The monoisotopic (exact) mass is 1300 g/mol. The van der Waals surface area contributed by atoms with Crippen LogP contribution in [0.2, 0.25) is 0 Å². The normalized spacial score (nSPS) is 14.5. The molecule has 2 saturated heterocycles. The number of piperidine rings is 1. The van der Waals surface area contributed by atoms with Crippen LogP contribution in [0.4, 0.5) is 0 Å². The fraction of sp³-hybridized carbons (Fsp3) is 0.778. The molecule has 1 N–H and O–H groups in total. The summed E-state index contributed by atoms with van der Waals surface area (Å²) in [7, 11) is 29.5. The lowest BCUT2D eigenvalue weighted by Gasteiger charge is -2.37. The van der Waals surface area contributed by atoms with Gasteiger partial charge in [-0.3, -0.25) is 0 Å². The van der Waals surface area contributed by atoms with E-state index in [1.807, 2.05) is 55.0 Å². The van der Waals surface area contributed by atoms with Crippen LogP contribution in [-0.4, -0.2) is 180 Å². The van der Waals surface area contributed by atoms with Gasteiger partial charge in [-0.2, -0.15) is 0 Å². The van der Waals surface area contributed by atoms with Gasteiger partial charge in [0.1, 0.15) is 33.7 Å². The number of ether oxygens (including phenoxy) is 3. The van der Waals surface area contributed by atoms with Crippen molar-refractivity contribution in [1.82, 2.24) is 5.32 Å². The molecular weight excluding hydrogens is 1190 g/mol. The lowest BCUT2D eigenvalue weighted by Crippen LogP contribution is -3.00. The Labute approximate surface area is 439 Å². The number of hydrogen-bond donors (Lipinski definition) is 1. The number of aromatic nitrogens is 2. The largest absolute Gasteiger partial charge is 1.00 e. The van der Waals surface area contributed by atoms with Crippen molar-refractivity contribution in [3.05, 3.63) is 60.2 Å². The number of quaternary nitrogens is 4. The third kappa shape index (κ3) is 49.8. The number of aryl methyl sites for hydroxylation is 4. The smallest absolute Gasteiger partial charge is 0.171 e. The van der Waals surface area contributed by atoms with Crippen molar-refractivity contribution in [2.75, 3.05) is 150 Å². The summed E-state index contributed by atoms with van der Waals surface area (Å²) in [5, 5.41) is 3.36. The zero-order valence-electron chi connectivity index (χ0n) is 37.2. The van der Waals surface area contributed by atoms with Gasteiger partial charge in [-0.15, -0.1) is 0 Å². The van der Waals surface area contributed by atoms with Crippen LogP contribution in [0.1, 0.15) is 61.1 Å². The molecule has 0 amide bonds. The molecule has 0 atom stereocenters. The van der Waals surface area contributed by atoms with Gasteiger partial charge in [-0.25, -0.2) is 9.13 Å². The molecule has 0 saturated carbocycles. The Kier molecular flexibility index (Phi) is 62.4. The lowest BCUT2D eigenvalue weighted by atomic mass is 10.1. The molecule has 0 radical (unpaired) electrons. The van der Waals surface area contributed by atoms with Crippen LogP contribution < -0.4 is 110 Å². The van der Waals surface area contributed by atoms with Crippen LogP contribution in [0, 0.1) is 13.8 Å². The molecule has 0 bridgehead atoms. The summed E-state index contributed by atoms with van der Waals surface area (Å²) >= 11 is 0. The Hall–Kier alpha value is 0.900. The van der Waals surface area contributed by atoms with Crippen LogP contribution in [0.5, 0.6) is 0 Å². The predicted molar refractivity (Wildman–Crippen MR) is 242 cm³/mol. The molecule has 2 aliphatic heterocycles. The van der Waals surface area contributed by atoms with Crippen LogP contribution >= 0.6 is 0 Å². The summed E-state index contributed by atoms with van der Waals surface area (Å²) in [6.45, 7) is 15.6. The fourth-order valence-electron chi connectivity index (χ4n) is 5.69. The second kappa shape index (κ2) is 44.1. The number of rotatable bonds is 9. The van der Waals surface area contributed by atoms with E-state index in [0.29, 0.717) is 12.2 Å². The molecular formula is C45H103I4N7O3+2. The highest BCUT2D eigenvalue weighted by Gasteiger charge is 2.26. The van der Waals surface area contributed by atoms with Gasteiger partial charge in [-0.05, 0) is 25.5 Å². The van der Waals surface area contributed by atoms with Gasteiger partial charge in [0, 0.05) is 71.0 Å². The molecule has 10 nitrogen and oxygen atoms in total. The highest BCUT2D eigenvalue weighted by molar-refractivity contribution is 5.03. The highest BCUT2D eigenvalue weighted by Crippen LogP contribution is 2.15. The lowest BCUT2D eigenvalue weighted by molar-refractivity contribution is -0.911. The first kappa shape index (κ1) is 83.5.